The van der Waals surface area contributed by atoms with Gasteiger partial charge in [0, 0.05) is 6.42 Å². The molecule has 1 nitrogen and oxygen atoms in total. The highest BCUT2D eigenvalue weighted by molar-refractivity contribution is 5.25. The van der Waals surface area contributed by atoms with E-state index >= 15 is 0 Å². The van der Waals surface area contributed by atoms with Gasteiger partial charge in [0.1, 0.15) is 0 Å². The van der Waals surface area contributed by atoms with Crippen molar-refractivity contribution in [1.29, 1.82) is 5.26 Å². The van der Waals surface area contributed by atoms with Gasteiger partial charge in [-0.3, -0.25) is 0 Å². The molecular formula is C11H11N. The summed E-state index contributed by atoms with van der Waals surface area (Å²) in [7, 11) is 0. The lowest BCUT2D eigenvalue weighted by Gasteiger charge is -1.95. The molecule has 1 aliphatic carbocycles. The maximum absolute atomic E-state index is 8.49. The number of benzene rings is 1. The van der Waals surface area contributed by atoms with Crippen molar-refractivity contribution in [2.75, 3.05) is 0 Å². The summed E-state index contributed by atoms with van der Waals surface area (Å²) in [6.07, 6.45) is 1.93. The minimum absolute atomic E-state index is 0.636. The third kappa shape index (κ3) is 1.33. The molecule has 0 N–H and O–H groups in total. The highest BCUT2D eigenvalue weighted by atomic mass is 14.4. The molecular weight excluding hydrogens is 146 g/mol. The normalized spacial score (nSPS) is 26.2. The van der Waals surface area contributed by atoms with E-state index in [1.165, 1.54) is 12.0 Å². The second kappa shape index (κ2) is 2.98. The van der Waals surface area contributed by atoms with Gasteiger partial charge in [-0.25, -0.2) is 0 Å². The molecule has 1 aromatic rings. The molecule has 0 bridgehead atoms. The SMILES string of the molecule is N#CCC1CC1c1ccccc1. The molecule has 1 aliphatic rings. The summed E-state index contributed by atoms with van der Waals surface area (Å²) >= 11 is 0. The van der Waals surface area contributed by atoms with E-state index in [-0.39, 0.29) is 0 Å². The van der Waals surface area contributed by atoms with Crippen LogP contribution in [0.4, 0.5) is 0 Å². The minimum Gasteiger partial charge on any atom is -0.198 e. The van der Waals surface area contributed by atoms with Gasteiger partial charge in [-0.1, -0.05) is 30.3 Å². The fourth-order valence-corrected chi connectivity index (χ4v) is 1.70. The van der Waals surface area contributed by atoms with Crippen LogP contribution in [0.2, 0.25) is 0 Å². The van der Waals surface area contributed by atoms with E-state index in [9.17, 15) is 0 Å². The van der Waals surface area contributed by atoms with Gasteiger partial charge in [0.05, 0.1) is 6.07 Å². The summed E-state index contributed by atoms with van der Waals surface area (Å²) in [5.74, 6) is 1.31. The second-order valence-corrected chi connectivity index (χ2v) is 3.38. The van der Waals surface area contributed by atoms with Gasteiger partial charge < -0.3 is 0 Å². The molecule has 0 heterocycles. The first-order valence-electron chi connectivity index (χ1n) is 4.33. The topological polar surface area (TPSA) is 23.8 Å². The zero-order valence-corrected chi connectivity index (χ0v) is 6.90. The standard InChI is InChI=1S/C11H11N/c12-7-6-10-8-11(10)9-4-2-1-3-5-9/h1-5,10-11H,6,8H2. The molecule has 2 atom stereocenters. The van der Waals surface area contributed by atoms with Crippen LogP contribution >= 0.6 is 0 Å². The third-order valence-electron chi connectivity index (χ3n) is 2.50. The Bertz CT molecular complexity index is 297. The van der Waals surface area contributed by atoms with E-state index in [2.05, 4.69) is 30.3 Å². The zero-order chi connectivity index (χ0) is 8.39. The van der Waals surface area contributed by atoms with Crippen molar-refractivity contribution in [1.82, 2.24) is 0 Å². The van der Waals surface area contributed by atoms with E-state index in [0.717, 1.165) is 6.42 Å². The number of nitriles is 1. The highest BCUT2D eigenvalue weighted by Crippen LogP contribution is 2.49. The van der Waals surface area contributed by atoms with Gasteiger partial charge in [-0.05, 0) is 23.8 Å². The average Bonchev–Trinajstić information content (AvgIpc) is 2.87. The van der Waals surface area contributed by atoms with Crippen LogP contribution in [0.1, 0.15) is 24.3 Å². The fraction of sp³-hybridized carbons (Fsp3) is 0.364. The van der Waals surface area contributed by atoms with Crippen LogP contribution in [0, 0.1) is 17.2 Å². The molecule has 2 rings (SSSR count). The molecule has 0 saturated heterocycles. The first-order chi connectivity index (χ1) is 5.92. The van der Waals surface area contributed by atoms with Crippen LogP contribution in [-0.4, -0.2) is 0 Å². The minimum atomic E-state index is 0.636. The highest BCUT2D eigenvalue weighted by Gasteiger charge is 2.37. The van der Waals surface area contributed by atoms with Crippen LogP contribution in [0.15, 0.2) is 30.3 Å². The van der Waals surface area contributed by atoms with Gasteiger partial charge >= 0.3 is 0 Å². The molecule has 0 spiro atoms. The van der Waals surface area contributed by atoms with Crippen LogP contribution in [0.5, 0.6) is 0 Å². The monoisotopic (exact) mass is 157 g/mol. The molecule has 0 aliphatic heterocycles. The van der Waals surface area contributed by atoms with Crippen LogP contribution in [-0.2, 0) is 0 Å². The smallest absolute Gasteiger partial charge is 0.0624 e. The molecule has 1 aromatic carbocycles. The lowest BCUT2D eigenvalue weighted by molar-refractivity contribution is 0.829. The number of nitrogens with zero attached hydrogens (tertiary/aromatic N) is 1. The van der Waals surface area contributed by atoms with Crippen molar-refractivity contribution < 1.29 is 0 Å². The average molecular weight is 157 g/mol. The van der Waals surface area contributed by atoms with E-state index in [1.807, 2.05) is 6.07 Å². The van der Waals surface area contributed by atoms with Gasteiger partial charge in [0.15, 0.2) is 0 Å². The lowest BCUT2D eigenvalue weighted by atomic mass is 10.1. The van der Waals surface area contributed by atoms with Crippen molar-refractivity contribution in [3.63, 3.8) is 0 Å². The van der Waals surface area contributed by atoms with Gasteiger partial charge in [-0.2, -0.15) is 5.26 Å². The summed E-state index contributed by atoms with van der Waals surface area (Å²) < 4.78 is 0. The summed E-state index contributed by atoms with van der Waals surface area (Å²) in [6.45, 7) is 0. The molecule has 1 heteroatoms. The largest absolute Gasteiger partial charge is 0.198 e. The molecule has 1 saturated carbocycles. The van der Waals surface area contributed by atoms with Crippen molar-refractivity contribution in [2.45, 2.75) is 18.8 Å². The Hall–Kier alpha value is -1.29. The van der Waals surface area contributed by atoms with Gasteiger partial charge in [0.25, 0.3) is 0 Å². The first kappa shape index (κ1) is 7.36. The third-order valence-corrected chi connectivity index (χ3v) is 2.50. The summed E-state index contributed by atoms with van der Waals surface area (Å²) in [6, 6.07) is 12.7. The zero-order valence-electron chi connectivity index (χ0n) is 6.90. The summed E-state index contributed by atoms with van der Waals surface area (Å²) in [4.78, 5) is 0. The maximum atomic E-state index is 8.49. The van der Waals surface area contributed by atoms with Gasteiger partial charge in [-0.15, -0.1) is 0 Å². The Morgan fingerprint density at radius 2 is 2.08 bits per heavy atom. The number of hydrogen-bond acceptors (Lipinski definition) is 1. The van der Waals surface area contributed by atoms with E-state index in [0.29, 0.717) is 11.8 Å². The fourth-order valence-electron chi connectivity index (χ4n) is 1.70. The number of rotatable bonds is 2. The summed E-state index contributed by atoms with van der Waals surface area (Å²) in [5.41, 5.74) is 1.40. The van der Waals surface area contributed by atoms with E-state index in [1.54, 1.807) is 0 Å². The van der Waals surface area contributed by atoms with E-state index in [4.69, 9.17) is 5.26 Å². The molecule has 2 unspecified atom stereocenters. The number of hydrogen-bond donors (Lipinski definition) is 0. The van der Waals surface area contributed by atoms with Crippen LogP contribution in [0.25, 0.3) is 0 Å². The van der Waals surface area contributed by atoms with E-state index < -0.39 is 0 Å². The van der Waals surface area contributed by atoms with Crippen molar-refractivity contribution in [3.05, 3.63) is 35.9 Å². The molecule has 12 heavy (non-hydrogen) atoms. The molecule has 0 amide bonds. The Morgan fingerprint density at radius 3 is 2.75 bits per heavy atom. The van der Waals surface area contributed by atoms with Crippen LogP contribution < -0.4 is 0 Å². The Morgan fingerprint density at radius 1 is 1.33 bits per heavy atom. The van der Waals surface area contributed by atoms with Crippen molar-refractivity contribution in [2.24, 2.45) is 5.92 Å². The Kier molecular flexibility index (Phi) is 1.83. The van der Waals surface area contributed by atoms with Crippen molar-refractivity contribution >= 4 is 0 Å². The maximum Gasteiger partial charge on any atom is 0.0624 e. The quantitative estimate of drug-likeness (QED) is 0.647. The van der Waals surface area contributed by atoms with Crippen molar-refractivity contribution in [3.8, 4) is 6.07 Å². The molecule has 60 valence electrons. The molecule has 0 aromatic heterocycles. The Balaban J connectivity index is 2.03. The summed E-state index contributed by atoms with van der Waals surface area (Å²) in [5, 5.41) is 8.49. The Labute approximate surface area is 72.6 Å². The predicted molar refractivity (Wildman–Crippen MR) is 47.5 cm³/mol. The predicted octanol–water partition coefficient (Wildman–Crippen LogP) is 2.70. The van der Waals surface area contributed by atoms with Crippen LogP contribution in [0.3, 0.4) is 0 Å². The van der Waals surface area contributed by atoms with Gasteiger partial charge in [0.2, 0.25) is 0 Å². The second-order valence-electron chi connectivity index (χ2n) is 3.38. The molecule has 1 fully saturated rings. The first-order valence-corrected chi connectivity index (χ1v) is 4.33. The molecule has 0 radical (unpaired) electrons. The lowest BCUT2D eigenvalue weighted by Crippen LogP contribution is -1.81.